The summed E-state index contributed by atoms with van der Waals surface area (Å²) < 4.78 is 5.85. The van der Waals surface area contributed by atoms with Crippen LogP contribution >= 0.6 is 11.3 Å². The summed E-state index contributed by atoms with van der Waals surface area (Å²) in [5.74, 6) is 1.61. The van der Waals surface area contributed by atoms with E-state index in [9.17, 15) is 0 Å². The molecule has 0 radical (unpaired) electrons. The van der Waals surface area contributed by atoms with Crippen molar-refractivity contribution in [1.82, 2.24) is 10.3 Å². The van der Waals surface area contributed by atoms with Gasteiger partial charge in [0.1, 0.15) is 17.4 Å². The first-order chi connectivity index (χ1) is 10.3. The van der Waals surface area contributed by atoms with Crippen LogP contribution in [0.3, 0.4) is 0 Å². The van der Waals surface area contributed by atoms with Crippen molar-refractivity contribution >= 4 is 11.3 Å². The maximum atomic E-state index is 5.85. The third-order valence-electron chi connectivity index (χ3n) is 3.65. The zero-order valence-electron chi connectivity index (χ0n) is 12.7. The molecular formula is C17H22N2OS. The van der Waals surface area contributed by atoms with Crippen LogP contribution in [0.1, 0.15) is 46.8 Å². The van der Waals surface area contributed by atoms with E-state index >= 15 is 0 Å². The molecule has 3 rings (SSSR count). The quantitative estimate of drug-likeness (QED) is 0.839. The number of nitrogens with zero attached hydrogens (tertiary/aromatic N) is 1. The molecule has 112 valence electrons. The molecule has 4 heteroatoms. The summed E-state index contributed by atoms with van der Waals surface area (Å²) in [5, 5.41) is 4.50. The molecule has 3 nitrogen and oxygen atoms in total. The molecule has 0 spiro atoms. The molecule has 0 atom stereocenters. The van der Waals surface area contributed by atoms with Gasteiger partial charge in [0.15, 0.2) is 0 Å². The van der Waals surface area contributed by atoms with E-state index < -0.39 is 0 Å². The molecule has 1 N–H and O–H groups in total. The summed E-state index contributed by atoms with van der Waals surface area (Å²) in [6.07, 6.45) is 2.59. The number of thiazole rings is 1. The summed E-state index contributed by atoms with van der Waals surface area (Å²) in [6, 6.07) is 8.18. The number of aromatic nitrogens is 1. The number of hydrogen-bond acceptors (Lipinski definition) is 4. The molecule has 1 aliphatic carbocycles. The Morgan fingerprint density at radius 3 is 2.71 bits per heavy atom. The van der Waals surface area contributed by atoms with Crippen LogP contribution in [-0.2, 0) is 13.2 Å². The Labute approximate surface area is 130 Å². The van der Waals surface area contributed by atoms with E-state index in [0.29, 0.717) is 12.5 Å². The zero-order valence-corrected chi connectivity index (χ0v) is 13.5. The minimum absolute atomic E-state index is 0.569. The van der Waals surface area contributed by atoms with E-state index in [1.165, 1.54) is 29.0 Å². The number of benzene rings is 1. The van der Waals surface area contributed by atoms with Crippen LogP contribution in [0.15, 0.2) is 24.3 Å². The standard InChI is InChI=1S/C17H22N2OS/c1-3-18-10-15-17(13-6-7-13)19-16(21-15)11-20-14-8-4-12(2)5-9-14/h4-5,8-9,13,18H,3,6-7,10-11H2,1-2H3. The van der Waals surface area contributed by atoms with Crippen molar-refractivity contribution in [2.24, 2.45) is 0 Å². The summed E-state index contributed by atoms with van der Waals surface area (Å²) >= 11 is 1.79. The topological polar surface area (TPSA) is 34.1 Å². The Bertz CT molecular complexity index is 587. The van der Waals surface area contributed by atoms with Gasteiger partial charge in [0.25, 0.3) is 0 Å². The molecule has 1 fully saturated rings. The minimum Gasteiger partial charge on any atom is -0.486 e. The van der Waals surface area contributed by atoms with Gasteiger partial charge in [0.05, 0.1) is 5.69 Å². The van der Waals surface area contributed by atoms with Gasteiger partial charge in [-0.05, 0) is 38.4 Å². The fourth-order valence-electron chi connectivity index (χ4n) is 2.30. The number of hydrogen-bond donors (Lipinski definition) is 1. The fraction of sp³-hybridized carbons (Fsp3) is 0.471. The predicted octanol–water partition coefficient (Wildman–Crippen LogP) is 4.02. The van der Waals surface area contributed by atoms with Gasteiger partial charge < -0.3 is 10.1 Å². The SMILES string of the molecule is CCNCc1sc(COc2ccc(C)cc2)nc1C1CC1. The van der Waals surface area contributed by atoms with Gasteiger partial charge in [-0.15, -0.1) is 11.3 Å². The predicted molar refractivity (Wildman–Crippen MR) is 87.0 cm³/mol. The molecule has 0 unspecified atom stereocenters. The minimum atomic E-state index is 0.569. The normalized spacial score (nSPS) is 14.4. The maximum Gasteiger partial charge on any atom is 0.140 e. The van der Waals surface area contributed by atoms with Crippen molar-refractivity contribution in [3.63, 3.8) is 0 Å². The lowest BCUT2D eigenvalue weighted by atomic mass is 10.2. The van der Waals surface area contributed by atoms with Gasteiger partial charge in [-0.25, -0.2) is 4.98 Å². The number of aryl methyl sites for hydroxylation is 1. The van der Waals surface area contributed by atoms with Crippen molar-refractivity contribution in [3.8, 4) is 5.75 Å². The molecule has 21 heavy (non-hydrogen) atoms. The highest BCUT2D eigenvalue weighted by Crippen LogP contribution is 2.42. The average molecular weight is 302 g/mol. The molecule has 1 saturated carbocycles. The third-order valence-corrected chi connectivity index (χ3v) is 4.70. The van der Waals surface area contributed by atoms with Crippen molar-refractivity contribution in [2.45, 2.75) is 45.8 Å². The Morgan fingerprint density at radius 1 is 1.29 bits per heavy atom. The second kappa shape index (κ2) is 6.58. The van der Waals surface area contributed by atoms with Crippen LogP contribution in [0.5, 0.6) is 5.75 Å². The molecule has 0 bridgehead atoms. The van der Waals surface area contributed by atoms with E-state index in [1.54, 1.807) is 11.3 Å². The lowest BCUT2D eigenvalue weighted by Crippen LogP contribution is -2.11. The van der Waals surface area contributed by atoms with Crippen molar-refractivity contribution in [3.05, 3.63) is 45.4 Å². The van der Waals surface area contributed by atoms with E-state index in [2.05, 4.69) is 31.3 Å². The van der Waals surface area contributed by atoms with Crippen LogP contribution < -0.4 is 10.1 Å². The monoisotopic (exact) mass is 302 g/mol. The average Bonchev–Trinajstić information content (AvgIpc) is 3.26. The highest BCUT2D eigenvalue weighted by Gasteiger charge is 2.29. The molecule has 0 amide bonds. The summed E-state index contributed by atoms with van der Waals surface area (Å²) in [5.41, 5.74) is 2.56. The Kier molecular flexibility index (Phi) is 4.56. The lowest BCUT2D eigenvalue weighted by molar-refractivity contribution is 0.305. The van der Waals surface area contributed by atoms with E-state index in [1.807, 2.05) is 12.1 Å². The number of rotatable bonds is 7. The van der Waals surface area contributed by atoms with Gasteiger partial charge in [-0.3, -0.25) is 0 Å². The Balaban J connectivity index is 1.65. The summed E-state index contributed by atoms with van der Waals surface area (Å²) in [6.45, 7) is 6.72. The molecule has 1 heterocycles. The first-order valence-electron chi connectivity index (χ1n) is 7.65. The van der Waals surface area contributed by atoms with Gasteiger partial charge in [0, 0.05) is 17.3 Å². The van der Waals surface area contributed by atoms with Crippen LogP contribution in [0.4, 0.5) is 0 Å². The molecular weight excluding hydrogens is 280 g/mol. The van der Waals surface area contributed by atoms with E-state index in [4.69, 9.17) is 9.72 Å². The molecule has 1 aromatic carbocycles. The van der Waals surface area contributed by atoms with Gasteiger partial charge in [0.2, 0.25) is 0 Å². The van der Waals surface area contributed by atoms with Gasteiger partial charge in [-0.1, -0.05) is 24.6 Å². The third kappa shape index (κ3) is 3.83. The van der Waals surface area contributed by atoms with Crippen LogP contribution in [0.25, 0.3) is 0 Å². The smallest absolute Gasteiger partial charge is 0.140 e. The van der Waals surface area contributed by atoms with E-state index in [-0.39, 0.29) is 0 Å². The second-order valence-electron chi connectivity index (χ2n) is 5.57. The molecule has 2 aromatic rings. The second-order valence-corrected chi connectivity index (χ2v) is 6.74. The van der Waals surface area contributed by atoms with Crippen LogP contribution in [0.2, 0.25) is 0 Å². The first kappa shape index (κ1) is 14.5. The van der Waals surface area contributed by atoms with Gasteiger partial charge >= 0.3 is 0 Å². The highest BCUT2D eigenvalue weighted by molar-refractivity contribution is 7.11. The van der Waals surface area contributed by atoms with Crippen molar-refractivity contribution < 1.29 is 4.74 Å². The maximum absolute atomic E-state index is 5.85. The fourth-order valence-corrected chi connectivity index (χ4v) is 3.33. The summed E-state index contributed by atoms with van der Waals surface area (Å²) in [7, 11) is 0. The van der Waals surface area contributed by atoms with Crippen LogP contribution in [-0.4, -0.2) is 11.5 Å². The molecule has 0 aliphatic heterocycles. The van der Waals surface area contributed by atoms with Crippen molar-refractivity contribution in [1.29, 1.82) is 0 Å². The Morgan fingerprint density at radius 2 is 2.05 bits per heavy atom. The first-order valence-corrected chi connectivity index (χ1v) is 8.46. The highest BCUT2D eigenvalue weighted by atomic mass is 32.1. The number of nitrogens with one attached hydrogen (secondary N) is 1. The van der Waals surface area contributed by atoms with Gasteiger partial charge in [-0.2, -0.15) is 0 Å². The number of ether oxygens (including phenoxy) is 1. The zero-order chi connectivity index (χ0) is 14.7. The largest absolute Gasteiger partial charge is 0.486 e. The van der Waals surface area contributed by atoms with E-state index in [0.717, 1.165) is 23.8 Å². The summed E-state index contributed by atoms with van der Waals surface area (Å²) in [4.78, 5) is 6.20. The molecule has 0 saturated heterocycles. The van der Waals surface area contributed by atoms with Crippen molar-refractivity contribution in [2.75, 3.05) is 6.54 Å². The molecule has 1 aromatic heterocycles. The molecule has 1 aliphatic rings. The lowest BCUT2D eigenvalue weighted by Gasteiger charge is -2.03. The van der Waals surface area contributed by atoms with Crippen LogP contribution in [0, 0.1) is 6.92 Å². The Hall–Kier alpha value is -1.39.